The zero-order chi connectivity index (χ0) is 10.1. The van der Waals surface area contributed by atoms with Crippen LogP contribution in [0.15, 0.2) is 0 Å². The molecule has 3 nitrogen and oxygen atoms in total. The highest BCUT2D eigenvalue weighted by molar-refractivity contribution is 7.99. The normalized spacial score (nSPS) is 32.8. The van der Waals surface area contributed by atoms with E-state index < -0.39 is 11.6 Å². The van der Waals surface area contributed by atoms with Gasteiger partial charge in [-0.25, -0.2) is 0 Å². The molecule has 0 bridgehead atoms. The van der Waals surface area contributed by atoms with Crippen molar-refractivity contribution < 1.29 is 15.0 Å². The lowest BCUT2D eigenvalue weighted by molar-refractivity contribution is -0.147. The average molecular weight is 204 g/mol. The van der Waals surface area contributed by atoms with Gasteiger partial charge >= 0.3 is 5.97 Å². The molecule has 4 heteroatoms. The molecule has 0 radical (unpaired) electrons. The molecular weight excluding hydrogens is 188 g/mol. The first-order valence-electron chi connectivity index (χ1n) is 4.39. The van der Waals surface area contributed by atoms with E-state index in [4.69, 9.17) is 5.11 Å². The monoisotopic (exact) mass is 204 g/mol. The SMILES string of the molecule is CC1(C)CCSCC1(O)CC(=O)O. The van der Waals surface area contributed by atoms with Crippen LogP contribution in [0.3, 0.4) is 0 Å². The number of aliphatic carboxylic acids is 1. The van der Waals surface area contributed by atoms with Crippen molar-refractivity contribution in [3.63, 3.8) is 0 Å². The number of aliphatic hydroxyl groups is 1. The van der Waals surface area contributed by atoms with E-state index in [-0.39, 0.29) is 11.8 Å². The molecule has 0 saturated carbocycles. The van der Waals surface area contributed by atoms with Crippen LogP contribution in [-0.2, 0) is 4.79 Å². The van der Waals surface area contributed by atoms with Crippen LogP contribution in [-0.4, -0.2) is 33.3 Å². The number of rotatable bonds is 2. The van der Waals surface area contributed by atoms with Crippen LogP contribution in [0.1, 0.15) is 26.7 Å². The van der Waals surface area contributed by atoms with E-state index in [1.54, 1.807) is 11.8 Å². The molecule has 1 saturated heterocycles. The third kappa shape index (κ3) is 2.17. The fourth-order valence-corrected chi connectivity index (χ4v) is 3.17. The minimum atomic E-state index is -1.04. The molecule has 0 amide bonds. The van der Waals surface area contributed by atoms with Gasteiger partial charge < -0.3 is 10.2 Å². The molecule has 0 spiro atoms. The lowest BCUT2D eigenvalue weighted by atomic mass is 9.72. The van der Waals surface area contributed by atoms with Crippen LogP contribution in [0.2, 0.25) is 0 Å². The van der Waals surface area contributed by atoms with E-state index in [0.29, 0.717) is 5.75 Å². The van der Waals surface area contributed by atoms with E-state index in [9.17, 15) is 9.90 Å². The number of carboxylic acid groups (broad SMARTS) is 1. The summed E-state index contributed by atoms with van der Waals surface area (Å²) >= 11 is 1.63. The van der Waals surface area contributed by atoms with Gasteiger partial charge in [0.15, 0.2) is 0 Å². The number of hydrogen-bond acceptors (Lipinski definition) is 3. The van der Waals surface area contributed by atoms with Crippen LogP contribution in [0, 0.1) is 5.41 Å². The lowest BCUT2D eigenvalue weighted by Gasteiger charge is -2.45. The van der Waals surface area contributed by atoms with Gasteiger partial charge in [-0.3, -0.25) is 4.79 Å². The molecule has 1 fully saturated rings. The van der Waals surface area contributed by atoms with Crippen LogP contribution in [0.4, 0.5) is 0 Å². The fraction of sp³-hybridized carbons (Fsp3) is 0.889. The summed E-state index contributed by atoms with van der Waals surface area (Å²) in [5.41, 5.74) is -1.32. The summed E-state index contributed by atoms with van der Waals surface area (Å²) in [4.78, 5) is 10.6. The van der Waals surface area contributed by atoms with Crippen LogP contribution >= 0.6 is 11.8 Å². The highest BCUT2D eigenvalue weighted by Gasteiger charge is 2.46. The maximum atomic E-state index is 10.6. The second kappa shape index (κ2) is 3.50. The quantitative estimate of drug-likeness (QED) is 0.713. The Hall–Kier alpha value is -0.220. The van der Waals surface area contributed by atoms with Gasteiger partial charge in [-0.05, 0) is 17.6 Å². The summed E-state index contributed by atoms with van der Waals surface area (Å²) < 4.78 is 0. The number of carboxylic acids is 1. The van der Waals surface area contributed by atoms with Crippen LogP contribution in [0.25, 0.3) is 0 Å². The molecule has 1 aliphatic heterocycles. The predicted octanol–water partition coefficient (Wildman–Crippen LogP) is 1.36. The summed E-state index contributed by atoms with van der Waals surface area (Å²) in [6.45, 7) is 3.88. The minimum absolute atomic E-state index is 0.146. The van der Waals surface area contributed by atoms with E-state index >= 15 is 0 Å². The Morgan fingerprint density at radius 3 is 2.62 bits per heavy atom. The van der Waals surface area contributed by atoms with Crippen molar-refractivity contribution in [3.8, 4) is 0 Å². The Bertz CT molecular complexity index is 215. The fourth-order valence-electron chi connectivity index (χ4n) is 1.54. The summed E-state index contributed by atoms with van der Waals surface area (Å²) in [5, 5.41) is 18.9. The van der Waals surface area contributed by atoms with Crippen molar-refractivity contribution in [2.75, 3.05) is 11.5 Å². The largest absolute Gasteiger partial charge is 0.481 e. The smallest absolute Gasteiger partial charge is 0.306 e. The summed E-state index contributed by atoms with van der Waals surface area (Å²) in [5.74, 6) is 0.624. The van der Waals surface area contributed by atoms with Gasteiger partial charge in [0, 0.05) is 5.75 Å². The summed E-state index contributed by atoms with van der Waals surface area (Å²) in [6, 6.07) is 0. The summed E-state index contributed by atoms with van der Waals surface area (Å²) in [6.07, 6.45) is 0.731. The lowest BCUT2D eigenvalue weighted by Crippen LogP contribution is -2.51. The van der Waals surface area contributed by atoms with Crippen molar-refractivity contribution in [2.24, 2.45) is 5.41 Å². The standard InChI is InChI=1S/C9H16O3S/c1-8(2)3-4-13-6-9(8,12)5-7(10)11/h12H,3-6H2,1-2H3,(H,10,11). The van der Waals surface area contributed by atoms with Gasteiger partial charge in [-0.15, -0.1) is 0 Å². The van der Waals surface area contributed by atoms with Gasteiger partial charge in [-0.2, -0.15) is 11.8 Å². The predicted molar refractivity (Wildman–Crippen MR) is 52.9 cm³/mol. The molecule has 2 N–H and O–H groups in total. The highest BCUT2D eigenvalue weighted by Crippen LogP contribution is 2.44. The Labute approximate surface area is 82.5 Å². The van der Waals surface area contributed by atoms with Crippen molar-refractivity contribution in [2.45, 2.75) is 32.3 Å². The van der Waals surface area contributed by atoms with Gasteiger partial charge in [0.2, 0.25) is 0 Å². The molecule has 0 aromatic rings. The topological polar surface area (TPSA) is 57.5 Å². The first kappa shape index (κ1) is 10.9. The zero-order valence-corrected chi connectivity index (χ0v) is 8.86. The van der Waals surface area contributed by atoms with E-state index in [1.165, 1.54) is 0 Å². The molecule has 76 valence electrons. The van der Waals surface area contributed by atoms with Crippen LogP contribution in [0.5, 0.6) is 0 Å². The van der Waals surface area contributed by atoms with Crippen molar-refractivity contribution >= 4 is 17.7 Å². The first-order chi connectivity index (χ1) is 5.87. The van der Waals surface area contributed by atoms with Gasteiger partial charge in [-0.1, -0.05) is 13.8 Å². The number of hydrogen-bond donors (Lipinski definition) is 2. The van der Waals surface area contributed by atoms with Crippen LogP contribution < -0.4 is 0 Å². The van der Waals surface area contributed by atoms with E-state index in [0.717, 1.165) is 12.2 Å². The van der Waals surface area contributed by atoms with Crippen molar-refractivity contribution in [3.05, 3.63) is 0 Å². The third-order valence-corrected chi connectivity index (χ3v) is 4.09. The van der Waals surface area contributed by atoms with E-state index in [2.05, 4.69) is 0 Å². The van der Waals surface area contributed by atoms with E-state index in [1.807, 2.05) is 13.8 Å². The van der Waals surface area contributed by atoms with Gasteiger partial charge in [0.25, 0.3) is 0 Å². The maximum Gasteiger partial charge on any atom is 0.306 e. The second-order valence-corrected chi connectivity index (χ2v) is 5.39. The van der Waals surface area contributed by atoms with Crippen molar-refractivity contribution in [1.29, 1.82) is 0 Å². The minimum Gasteiger partial charge on any atom is -0.481 e. The van der Waals surface area contributed by atoms with Gasteiger partial charge in [0.1, 0.15) is 0 Å². The second-order valence-electron chi connectivity index (χ2n) is 4.29. The molecule has 1 aliphatic rings. The Kier molecular flexibility index (Phi) is 2.92. The Morgan fingerprint density at radius 1 is 1.54 bits per heavy atom. The molecule has 0 aromatic heterocycles. The molecular formula is C9H16O3S. The Morgan fingerprint density at radius 2 is 2.15 bits per heavy atom. The molecule has 0 aromatic carbocycles. The molecule has 0 aliphatic carbocycles. The Balaban J connectivity index is 2.77. The highest BCUT2D eigenvalue weighted by atomic mass is 32.2. The summed E-state index contributed by atoms with van der Waals surface area (Å²) in [7, 11) is 0. The number of carbonyl (C=O) groups is 1. The molecule has 13 heavy (non-hydrogen) atoms. The zero-order valence-electron chi connectivity index (χ0n) is 8.04. The first-order valence-corrected chi connectivity index (χ1v) is 5.55. The molecule has 1 unspecified atom stereocenters. The third-order valence-electron chi connectivity index (χ3n) is 2.92. The number of thioether (sulfide) groups is 1. The van der Waals surface area contributed by atoms with Crippen molar-refractivity contribution in [1.82, 2.24) is 0 Å². The molecule has 1 rings (SSSR count). The molecule has 1 atom stereocenters. The maximum absolute atomic E-state index is 10.6. The van der Waals surface area contributed by atoms with Gasteiger partial charge in [0.05, 0.1) is 12.0 Å². The molecule has 1 heterocycles. The average Bonchev–Trinajstić information content (AvgIpc) is 1.94.